The average molecular weight is 439 g/mol. The van der Waals surface area contributed by atoms with Gasteiger partial charge >= 0.3 is 6.61 Å². The molecule has 0 radical (unpaired) electrons. The summed E-state index contributed by atoms with van der Waals surface area (Å²) in [5.41, 5.74) is 7.54. The van der Waals surface area contributed by atoms with Gasteiger partial charge in [-0.05, 0) is 49.6 Å². The standard InChI is InChI=1S/C20H23F2N3O4S/c1-25(9-11-6-7-13(28-2)14(8-11)29-20(21)22)10-16(26)24-19-17(18(23)27)12-4-3-5-15(12)30-19/h6-8,20H,3-5,9-10H2,1-2H3,(H2,23,27)(H,24,26). The van der Waals surface area contributed by atoms with Crippen molar-refractivity contribution in [2.45, 2.75) is 32.4 Å². The Morgan fingerprint density at radius 2 is 2.07 bits per heavy atom. The Morgan fingerprint density at radius 1 is 1.30 bits per heavy atom. The van der Waals surface area contributed by atoms with Crippen LogP contribution in [0.5, 0.6) is 11.5 Å². The fourth-order valence-electron chi connectivity index (χ4n) is 3.54. The molecule has 10 heteroatoms. The van der Waals surface area contributed by atoms with Crippen molar-refractivity contribution >= 4 is 28.2 Å². The van der Waals surface area contributed by atoms with E-state index in [9.17, 15) is 18.4 Å². The second-order valence-electron chi connectivity index (χ2n) is 7.01. The molecule has 1 heterocycles. The summed E-state index contributed by atoms with van der Waals surface area (Å²) in [7, 11) is 3.09. The number of thiophene rings is 1. The number of nitrogens with one attached hydrogen (secondary N) is 1. The van der Waals surface area contributed by atoms with Gasteiger partial charge in [-0.3, -0.25) is 14.5 Å². The van der Waals surface area contributed by atoms with Crippen LogP contribution in [-0.2, 0) is 24.2 Å². The van der Waals surface area contributed by atoms with Crippen LogP contribution < -0.4 is 20.5 Å². The predicted octanol–water partition coefficient (Wildman–Crippen LogP) is 3.02. The molecule has 7 nitrogen and oxygen atoms in total. The first-order valence-electron chi connectivity index (χ1n) is 9.33. The zero-order valence-corrected chi connectivity index (χ0v) is 17.5. The van der Waals surface area contributed by atoms with E-state index in [2.05, 4.69) is 10.1 Å². The van der Waals surface area contributed by atoms with Gasteiger partial charge in [-0.2, -0.15) is 8.78 Å². The molecule has 3 N–H and O–H groups in total. The second-order valence-corrected chi connectivity index (χ2v) is 8.12. The number of methoxy groups -OCH3 is 1. The number of halogens is 2. The molecule has 2 amide bonds. The van der Waals surface area contributed by atoms with E-state index in [-0.39, 0.29) is 24.0 Å². The molecule has 162 valence electrons. The zero-order valence-electron chi connectivity index (χ0n) is 16.7. The van der Waals surface area contributed by atoms with E-state index in [1.807, 2.05) is 0 Å². The van der Waals surface area contributed by atoms with Gasteiger partial charge in [0.05, 0.1) is 19.2 Å². The third-order valence-corrected chi connectivity index (χ3v) is 5.94. The highest BCUT2D eigenvalue weighted by molar-refractivity contribution is 7.17. The number of rotatable bonds is 9. The van der Waals surface area contributed by atoms with Crippen LogP contribution in [0.2, 0.25) is 0 Å². The van der Waals surface area contributed by atoms with Gasteiger partial charge in [-0.15, -0.1) is 11.3 Å². The number of nitrogens with zero attached hydrogens (tertiary/aromatic N) is 1. The molecule has 0 spiro atoms. The Labute approximate surface area is 176 Å². The van der Waals surface area contributed by atoms with Crippen molar-refractivity contribution in [2.24, 2.45) is 5.73 Å². The summed E-state index contributed by atoms with van der Waals surface area (Å²) >= 11 is 1.40. The number of amides is 2. The van der Waals surface area contributed by atoms with Gasteiger partial charge in [0.2, 0.25) is 5.91 Å². The van der Waals surface area contributed by atoms with Crippen LogP contribution in [0.25, 0.3) is 0 Å². The van der Waals surface area contributed by atoms with E-state index in [4.69, 9.17) is 10.5 Å². The van der Waals surface area contributed by atoms with Gasteiger partial charge in [0, 0.05) is 11.4 Å². The lowest BCUT2D eigenvalue weighted by atomic mass is 10.1. The Kier molecular flexibility index (Phi) is 6.88. The molecule has 0 aliphatic heterocycles. The quantitative estimate of drug-likeness (QED) is 0.627. The van der Waals surface area contributed by atoms with Crippen molar-refractivity contribution in [3.63, 3.8) is 0 Å². The van der Waals surface area contributed by atoms with Crippen molar-refractivity contribution in [3.05, 3.63) is 39.8 Å². The smallest absolute Gasteiger partial charge is 0.387 e. The lowest BCUT2D eigenvalue weighted by Gasteiger charge is -2.18. The predicted molar refractivity (Wildman–Crippen MR) is 109 cm³/mol. The summed E-state index contributed by atoms with van der Waals surface area (Å²) in [6.45, 7) is -2.61. The molecule has 0 fully saturated rings. The summed E-state index contributed by atoms with van der Waals surface area (Å²) in [6, 6.07) is 4.70. The lowest BCUT2D eigenvalue weighted by molar-refractivity contribution is -0.117. The molecule has 2 aromatic rings. The number of likely N-dealkylation sites (N-methyl/N-ethyl adjacent to an activating group) is 1. The van der Waals surface area contributed by atoms with Gasteiger partial charge in [0.1, 0.15) is 5.00 Å². The molecule has 0 unspecified atom stereocenters. The summed E-state index contributed by atoms with van der Waals surface area (Å²) in [5.74, 6) is -0.702. The Hall–Kier alpha value is -2.72. The summed E-state index contributed by atoms with van der Waals surface area (Å²) < 4.78 is 34.7. The van der Waals surface area contributed by atoms with Crippen LogP contribution in [-0.4, -0.2) is 44.0 Å². The summed E-state index contributed by atoms with van der Waals surface area (Å²) in [4.78, 5) is 27.1. The summed E-state index contributed by atoms with van der Waals surface area (Å²) in [6.07, 6.45) is 2.66. The highest BCUT2D eigenvalue weighted by Gasteiger charge is 2.26. The molecule has 3 rings (SSSR count). The number of primary amides is 1. The molecule has 30 heavy (non-hydrogen) atoms. The third-order valence-electron chi connectivity index (χ3n) is 4.73. The second kappa shape index (κ2) is 9.40. The maximum Gasteiger partial charge on any atom is 0.387 e. The van der Waals surface area contributed by atoms with Crippen molar-refractivity contribution in [2.75, 3.05) is 26.0 Å². The highest BCUT2D eigenvalue weighted by atomic mass is 32.1. The minimum Gasteiger partial charge on any atom is -0.493 e. The van der Waals surface area contributed by atoms with Crippen LogP contribution >= 0.6 is 11.3 Å². The molecule has 0 saturated carbocycles. The van der Waals surface area contributed by atoms with E-state index < -0.39 is 12.5 Å². The molecule has 0 atom stereocenters. The van der Waals surface area contributed by atoms with Gasteiger partial charge in [0.15, 0.2) is 11.5 Å². The number of carbonyl (C=O) groups is 2. The molecule has 1 aliphatic rings. The van der Waals surface area contributed by atoms with Crippen molar-refractivity contribution in [1.82, 2.24) is 4.90 Å². The van der Waals surface area contributed by atoms with Crippen LogP contribution in [0.1, 0.15) is 32.8 Å². The number of hydrogen-bond donors (Lipinski definition) is 2. The highest BCUT2D eigenvalue weighted by Crippen LogP contribution is 2.38. The molecular weight excluding hydrogens is 416 g/mol. The number of nitrogens with two attached hydrogens (primary N) is 1. The van der Waals surface area contributed by atoms with E-state index in [1.54, 1.807) is 18.0 Å². The van der Waals surface area contributed by atoms with E-state index in [1.165, 1.54) is 30.6 Å². The van der Waals surface area contributed by atoms with Gasteiger partial charge in [0.25, 0.3) is 5.91 Å². The SMILES string of the molecule is COc1ccc(CN(C)CC(=O)Nc2sc3c(c2C(N)=O)CCC3)cc1OC(F)F. The monoisotopic (exact) mass is 439 g/mol. The third kappa shape index (κ3) is 5.06. The minimum atomic E-state index is -2.97. The number of fused-ring (bicyclic) bond motifs is 1. The number of benzene rings is 1. The van der Waals surface area contributed by atoms with Gasteiger partial charge in [-0.1, -0.05) is 6.07 Å². The van der Waals surface area contributed by atoms with Gasteiger partial charge in [-0.25, -0.2) is 0 Å². The van der Waals surface area contributed by atoms with E-state index >= 15 is 0 Å². The van der Waals surface area contributed by atoms with Crippen LogP contribution in [0.15, 0.2) is 18.2 Å². The zero-order chi connectivity index (χ0) is 21.8. The van der Waals surface area contributed by atoms with Crippen molar-refractivity contribution in [3.8, 4) is 11.5 Å². The fraction of sp³-hybridized carbons (Fsp3) is 0.400. The maximum atomic E-state index is 12.6. The number of aryl methyl sites for hydroxylation is 1. The lowest BCUT2D eigenvalue weighted by Crippen LogP contribution is -2.30. The molecule has 1 aromatic heterocycles. The van der Waals surface area contributed by atoms with Crippen molar-refractivity contribution in [1.29, 1.82) is 0 Å². The molecule has 1 aromatic carbocycles. The van der Waals surface area contributed by atoms with Gasteiger partial charge < -0.3 is 20.5 Å². The number of ether oxygens (including phenoxy) is 2. The normalized spacial score (nSPS) is 12.9. The first-order valence-corrected chi connectivity index (χ1v) is 10.1. The van der Waals surface area contributed by atoms with E-state index in [0.717, 1.165) is 29.7 Å². The minimum absolute atomic E-state index is 0.0395. The van der Waals surface area contributed by atoms with Crippen LogP contribution in [0.3, 0.4) is 0 Å². The molecule has 0 saturated heterocycles. The largest absolute Gasteiger partial charge is 0.493 e. The molecule has 1 aliphatic carbocycles. The van der Waals surface area contributed by atoms with E-state index in [0.29, 0.717) is 22.7 Å². The first kappa shape index (κ1) is 22.0. The Balaban J connectivity index is 1.64. The number of hydrogen-bond acceptors (Lipinski definition) is 6. The van der Waals surface area contributed by atoms with Crippen molar-refractivity contribution < 1.29 is 27.8 Å². The fourth-order valence-corrected chi connectivity index (χ4v) is 4.85. The number of carbonyl (C=O) groups excluding carboxylic acids is 2. The molecular formula is C20H23F2N3O4S. The van der Waals surface area contributed by atoms with Crippen LogP contribution in [0.4, 0.5) is 13.8 Å². The topological polar surface area (TPSA) is 93.9 Å². The Bertz CT molecular complexity index is 948. The Morgan fingerprint density at radius 3 is 2.73 bits per heavy atom. The number of alkyl halides is 2. The number of anilines is 1. The first-order chi connectivity index (χ1) is 14.3. The summed E-state index contributed by atoms with van der Waals surface area (Å²) in [5, 5.41) is 3.28. The average Bonchev–Trinajstić information content (AvgIpc) is 3.21. The van der Waals surface area contributed by atoms with Crippen LogP contribution in [0, 0.1) is 0 Å². The molecule has 0 bridgehead atoms. The maximum absolute atomic E-state index is 12.6.